The third kappa shape index (κ3) is 5.22. The Morgan fingerprint density at radius 1 is 1.24 bits per heavy atom. The highest BCUT2D eigenvalue weighted by atomic mass is 32.2. The van der Waals surface area contributed by atoms with Crippen molar-refractivity contribution in [3.05, 3.63) is 12.7 Å². The molecule has 2 atom stereocenters. The molecule has 1 saturated carbocycles. The van der Waals surface area contributed by atoms with Gasteiger partial charge < -0.3 is 10.6 Å². The number of carbonyl (C=O) groups excluding carboxylic acids is 1. The van der Waals surface area contributed by atoms with Gasteiger partial charge in [-0.05, 0) is 31.9 Å². The molecule has 21 heavy (non-hydrogen) atoms. The number of hydrogen-bond acceptors (Lipinski definition) is 3. The number of amides is 2. The van der Waals surface area contributed by atoms with E-state index in [1.165, 1.54) is 19.3 Å². The normalized spacial score (nSPS) is 28.0. The lowest BCUT2D eigenvalue weighted by atomic mass is 9.95. The van der Waals surface area contributed by atoms with Crippen LogP contribution in [0.3, 0.4) is 0 Å². The average molecular weight is 311 g/mol. The number of rotatable bonds is 5. The molecule has 2 amide bonds. The van der Waals surface area contributed by atoms with Crippen molar-refractivity contribution in [2.24, 2.45) is 0 Å². The summed E-state index contributed by atoms with van der Waals surface area (Å²) in [5.41, 5.74) is 0. The lowest BCUT2D eigenvalue weighted by Crippen LogP contribution is -2.52. The van der Waals surface area contributed by atoms with E-state index in [9.17, 15) is 4.79 Å². The summed E-state index contributed by atoms with van der Waals surface area (Å²) >= 11 is 1.89. The minimum absolute atomic E-state index is 0.0307. The molecule has 4 nitrogen and oxygen atoms in total. The first-order chi connectivity index (χ1) is 10.2. The molecule has 120 valence electrons. The summed E-state index contributed by atoms with van der Waals surface area (Å²) in [5, 5.41) is 6.95. The van der Waals surface area contributed by atoms with E-state index in [0.717, 1.165) is 38.9 Å². The molecule has 0 radical (unpaired) electrons. The van der Waals surface area contributed by atoms with Crippen LogP contribution in [0, 0.1) is 0 Å². The van der Waals surface area contributed by atoms with Gasteiger partial charge in [-0.3, -0.25) is 4.90 Å². The molecule has 0 unspecified atom stereocenters. The van der Waals surface area contributed by atoms with Gasteiger partial charge in [0.05, 0.1) is 0 Å². The molecule has 1 saturated heterocycles. The van der Waals surface area contributed by atoms with Gasteiger partial charge >= 0.3 is 6.03 Å². The summed E-state index contributed by atoms with van der Waals surface area (Å²) in [6, 6.07) is 0.695. The van der Waals surface area contributed by atoms with E-state index in [0.29, 0.717) is 17.3 Å². The molecule has 2 fully saturated rings. The van der Waals surface area contributed by atoms with Crippen LogP contribution in [0.15, 0.2) is 12.7 Å². The van der Waals surface area contributed by atoms with E-state index < -0.39 is 0 Å². The van der Waals surface area contributed by atoms with Gasteiger partial charge in [0.1, 0.15) is 0 Å². The van der Waals surface area contributed by atoms with Crippen LogP contribution in [0.1, 0.15) is 38.5 Å². The second kappa shape index (κ2) is 8.69. The monoisotopic (exact) mass is 311 g/mol. The van der Waals surface area contributed by atoms with Crippen LogP contribution in [0.25, 0.3) is 0 Å². The molecule has 0 aromatic rings. The molecule has 0 spiro atoms. The zero-order valence-electron chi connectivity index (χ0n) is 13.1. The van der Waals surface area contributed by atoms with Crippen molar-refractivity contribution in [3.8, 4) is 0 Å². The summed E-state index contributed by atoms with van der Waals surface area (Å²) in [4.78, 5) is 14.6. The number of hydrogen-bond donors (Lipinski definition) is 2. The Balaban J connectivity index is 1.71. The first-order valence-corrected chi connectivity index (χ1v) is 9.44. The molecule has 2 rings (SSSR count). The van der Waals surface area contributed by atoms with E-state index in [1.54, 1.807) is 0 Å². The number of nitrogens with zero attached hydrogens (tertiary/aromatic N) is 1. The number of urea groups is 1. The molecular weight excluding hydrogens is 282 g/mol. The lowest BCUT2D eigenvalue weighted by Gasteiger charge is -2.34. The standard InChI is InChI=1S/C16H29N3OS/c1-3-10-19-11-8-13(9-12-19)17-16(20)18-14-6-4-5-7-15(14)21-2/h3,13-15H,1,4-12H2,2H3,(H2,17,18,20)/t14-,15-/m0/s1. The average Bonchev–Trinajstić information content (AvgIpc) is 2.50. The van der Waals surface area contributed by atoms with Crippen molar-refractivity contribution in [3.63, 3.8) is 0 Å². The molecule has 5 heteroatoms. The maximum atomic E-state index is 12.2. The first kappa shape index (κ1) is 16.7. The van der Waals surface area contributed by atoms with Gasteiger partial charge in [-0.15, -0.1) is 6.58 Å². The minimum atomic E-state index is 0.0307. The maximum Gasteiger partial charge on any atom is 0.315 e. The second-order valence-corrected chi connectivity index (χ2v) is 7.22. The Hall–Kier alpha value is -0.680. The molecule has 1 aliphatic carbocycles. The lowest BCUT2D eigenvalue weighted by molar-refractivity contribution is 0.200. The fourth-order valence-electron chi connectivity index (χ4n) is 3.38. The predicted molar refractivity (Wildman–Crippen MR) is 90.9 cm³/mol. The zero-order valence-corrected chi connectivity index (χ0v) is 14.0. The first-order valence-electron chi connectivity index (χ1n) is 8.16. The Morgan fingerprint density at radius 2 is 1.95 bits per heavy atom. The predicted octanol–water partition coefficient (Wildman–Crippen LogP) is 2.61. The summed E-state index contributed by atoms with van der Waals surface area (Å²) in [5.74, 6) is 0. The van der Waals surface area contributed by atoms with Crippen molar-refractivity contribution >= 4 is 17.8 Å². The molecule has 0 aromatic carbocycles. The molecule has 0 bridgehead atoms. The second-order valence-electron chi connectivity index (χ2n) is 6.15. The van der Waals surface area contributed by atoms with Gasteiger partial charge in [-0.25, -0.2) is 4.79 Å². The molecule has 1 aliphatic heterocycles. The highest BCUT2D eigenvalue weighted by Crippen LogP contribution is 2.27. The van der Waals surface area contributed by atoms with Crippen LogP contribution < -0.4 is 10.6 Å². The largest absolute Gasteiger partial charge is 0.335 e. The van der Waals surface area contributed by atoms with Crippen molar-refractivity contribution in [2.45, 2.75) is 55.9 Å². The Labute approximate surface area is 133 Å². The minimum Gasteiger partial charge on any atom is -0.335 e. The van der Waals surface area contributed by atoms with E-state index in [1.807, 2.05) is 17.8 Å². The Morgan fingerprint density at radius 3 is 2.62 bits per heavy atom. The van der Waals surface area contributed by atoms with Gasteiger partial charge in [0.25, 0.3) is 0 Å². The fourth-order valence-corrected chi connectivity index (χ4v) is 4.32. The molecule has 0 aromatic heterocycles. The highest BCUT2D eigenvalue weighted by molar-refractivity contribution is 7.99. The summed E-state index contributed by atoms with van der Waals surface area (Å²) < 4.78 is 0. The SMILES string of the molecule is C=CCN1CCC(NC(=O)N[C@H]2CCCC[C@@H]2SC)CC1. The van der Waals surface area contributed by atoms with Crippen LogP contribution in [-0.4, -0.2) is 54.2 Å². The maximum absolute atomic E-state index is 12.2. The van der Waals surface area contributed by atoms with Gasteiger partial charge in [0.2, 0.25) is 0 Å². The summed E-state index contributed by atoms with van der Waals surface area (Å²) in [7, 11) is 0. The van der Waals surface area contributed by atoms with Crippen molar-refractivity contribution in [1.82, 2.24) is 15.5 Å². The Bertz CT molecular complexity index is 342. The number of piperidine rings is 1. The van der Waals surface area contributed by atoms with Crippen LogP contribution in [0.4, 0.5) is 4.79 Å². The third-order valence-electron chi connectivity index (χ3n) is 4.63. The van der Waals surface area contributed by atoms with E-state index in [4.69, 9.17) is 0 Å². The molecular formula is C16H29N3OS. The van der Waals surface area contributed by atoms with Crippen LogP contribution in [0.5, 0.6) is 0 Å². The summed E-state index contributed by atoms with van der Waals surface area (Å²) in [6.45, 7) is 6.83. The van der Waals surface area contributed by atoms with Gasteiger partial charge in [0.15, 0.2) is 0 Å². The van der Waals surface area contributed by atoms with Crippen molar-refractivity contribution in [1.29, 1.82) is 0 Å². The number of likely N-dealkylation sites (tertiary alicyclic amines) is 1. The highest BCUT2D eigenvalue weighted by Gasteiger charge is 2.27. The number of carbonyl (C=O) groups is 1. The van der Waals surface area contributed by atoms with E-state index >= 15 is 0 Å². The van der Waals surface area contributed by atoms with Crippen LogP contribution in [0.2, 0.25) is 0 Å². The fraction of sp³-hybridized carbons (Fsp3) is 0.812. The van der Waals surface area contributed by atoms with Crippen molar-refractivity contribution in [2.75, 3.05) is 25.9 Å². The zero-order chi connectivity index (χ0) is 15.1. The van der Waals surface area contributed by atoms with Gasteiger partial charge in [0, 0.05) is 37.0 Å². The van der Waals surface area contributed by atoms with Crippen LogP contribution >= 0.6 is 11.8 Å². The van der Waals surface area contributed by atoms with E-state index in [2.05, 4.69) is 28.4 Å². The molecule has 2 aliphatic rings. The summed E-state index contributed by atoms with van der Waals surface area (Å²) in [6.07, 6.45) is 11.1. The molecule has 1 heterocycles. The van der Waals surface area contributed by atoms with Gasteiger partial charge in [-0.2, -0.15) is 11.8 Å². The Kier molecular flexibility index (Phi) is 6.90. The van der Waals surface area contributed by atoms with E-state index in [-0.39, 0.29) is 6.03 Å². The topological polar surface area (TPSA) is 44.4 Å². The van der Waals surface area contributed by atoms with Crippen molar-refractivity contribution < 1.29 is 4.79 Å². The number of nitrogens with one attached hydrogen (secondary N) is 2. The quantitative estimate of drug-likeness (QED) is 0.767. The number of thioether (sulfide) groups is 1. The third-order valence-corrected chi connectivity index (χ3v) is 5.80. The molecule has 2 N–H and O–H groups in total. The smallest absolute Gasteiger partial charge is 0.315 e. The van der Waals surface area contributed by atoms with Gasteiger partial charge in [-0.1, -0.05) is 18.9 Å². The van der Waals surface area contributed by atoms with Crippen LogP contribution in [-0.2, 0) is 0 Å².